The first-order chi connectivity index (χ1) is 12.1. The monoisotopic (exact) mass is 342 g/mol. The fraction of sp³-hybridized carbons (Fsp3) is 0.579. The second-order valence-electron chi connectivity index (χ2n) is 7.56. The van der Waals surface area contributed by atoms with E-state index in [0.29, 0.717) is 5.56 Å². The quantitative estimate of drug-likeness (QED) is 0.800. The van der Waals surface area contributed by atoms with E-state index < -0.39 is 0 Å². The summed E-state index contributed by atoms with van der Waals surface area (Å²) in [5.41, 5.74) is 8.10. The maximum absolute atomic E-state index is 12.5. The molecule has 2 saturated carbocycles. The van der Waals surface area contributed by atoms with Crippen molar-refractivity contribution in [2.24, 2.45) is 5.73 Å². The van der Waals surface area contributed by atoms with Crippen LogP contribution >= 0.6 is 0 Å². The molecule has 25 heavy (non-hydrogen) atoms. The van der Waals surface area contributed by atoms with Gasteiger partial charge < -0.3 is 16.0 Å². The third kappa shape index (κ3) is 3.23. The highest BCUT2D eigenvalue weighted by Crippen LogP contribution is 2.30. The lowest BCUT2D eigenvalue weighted by atomic mass is 9.91. The Morgan fingerprint density at radius 3 is 2.56 bits per heavy atom. The number of benzene rings is 1. The minimum atomic E-state index is -0.0724. The Kier molecular flexibility index (Phi) is 4.37. The predicted octanol–water partition coefficient (Wildman–Crippen LogP) is 2.44. The van der Waals surface area contributed by atoms with Crippen molar-refractivity contribution in [1.29, 1.82) is 0 Å². The molecule has 2 aliphatic rings. The second-order valence-corrected chi connectivity index (χ2v) is 7.56. The summed E-state index contributed by atoms with van der Waals surface area (Å²) in [7, 11) is 0. The number of nitrogens with two attached hydrogens (primary N) is 1. The molecular weight excluding hydrogens is 316 g/mol. The molecule has 134 valence electrons. The zero-order valence-corrected chi connectivity index (χ0v) is 14.5. The summed E-state index contributed by atoms with van der Waals surface area (Å²) in [6.07, 6.45) is 8.25. The minimum absolute atomic E-state index is 0.0688. The zero-order valence-electron chi connectivity index (χ0n) is 14.5. The van der Waals surface area contributed by atoms with Gasteiger partial charge in [-0.3, -0.25) is 9.36 Å². The average Bonchev–Trinajstić information content (AvgIpc) is 3.22. The summed E-state index contributed by atoms with van der Waals surface area (Å²) in [5.74, 6) is -0.0724. The Morgan fingerprint density at radius 2 is 1.84 bits per heavy atom. The van der Waals surface area contributed by atoms with Gasteiger partial charge in [-0.1, -0.05) is 12.8 Å². The van der Waals surface area contributed by atoms with E-state index in [0.717, 1.165) is 49.6 Å². The fourth-order valence-electron chi connectivity index (χ4n) is 4.33. The van der Waals surface area contributed by atoms with Crippen molar-refractivity contribution in [3.05, 3.63) is 34.2 Å². The minimum Gasteiger partial charge on any atom is -0.349 e. The third-order valence-electron chi connectivity index (χ3n) is 5.78. The van der Waals surface area contributed by atoms with Crippen LogP contribution in [-0.2, 0) is 0 Å². The van der Waals surface area contributed by atoms with Crippen LogP contribution in [0.1, 0.15) is 67.8 Å². The van der Waals surface area contributed by atoms with Crippen molar-refractivity contribution in [2.75, 3.05) is 0 Å². The Morgan fingerprint density at radius 1 is 1.12 bits per heavy atom. The van der Waals surface area contributed by atoms with Crippen molar-refractivity contribution < 1.29 is 4.79 Å². The van der Waals surface area contributed by atoms with Gasteiger partial charge >= 0.3 is 5.69 Å². The summed E-state index contributed by atoms with van der Waals surface area (Å²) in [5, 5.41) is 3.10. The maximum atomic E-state index is 12.5. The number of carbonyl (C=O) groups excluding carboxylic acids is 1. The highest BCUT2D eigenvalue weighted by molar-refractivity contribution is 5.97. The van der Waals surface area contributed by atoms with Gasteiger partial charge in [0, 0.05) is 23.7 Å². The van der Waals surface area contributed by atoms with Crippen LogP contribution in [0.2, 0.25) is 0 Å². The number of carbonyl (C=O) groups is 1. The van der Waals surface area contributed by atoms with Crippen LogP contribution in [0.15, 0.2) is 23.0 Å². The van der Waals surface area contributed by atoms with Gasteiger partial charge in [-0.2, -0.15) is 0 Å². The first kappa shape index (κ1) is 16.4. The molecule has 1 aromatic carbocycles. The topological polar surface area (TPSA) is 92.9 Å². The van der Waals surface area contributed by atoms with Crippen molar-refractivity contribution >= 4 is 16.9 Å². The molecule has 1 aromatic heterocycles. The number of fused-ring (bicyclic) bond motifs is 1. The number of aromatic amines is 1. The molecule has 0 bridgehead atoms. The number of hydrogen-bond acceptors (Lipinski definition) is 3. The summed E-state index contributed by atoms with van der Waals surface area (Å²) < 4.78 is 1.87. The molecule has 2 aromatic rings. The Balaban J connectivity index is 1.55. The molecule has 0 spiro atoms. The SMILES string of the molecule is NC1CCC(NC(=O)c2ccc3c(c2)[nH]c(=O)n3C2CCCC2)CC1. The number of nitrogens with zero attached hydrogens (tertiary/aromatic N) is 1. The van der Waals surface area contributed by atoms with E-state index in [4.69, 9.17) is 5.73 Å². The molecule has 2 fully saturated rings. The van der Waals surface area contributed by atoms with Crippen molar-refractivity contribution in [3.8, 4) is 0 Å². The van der Waals surface area contributed by atoms with Gasteiger partial charge in [-0.15, -0.1) is 0 Å². The first-order valence-corrected chi connectivity index (χ1v) is 9.42. The maximum Gasteiger partial charge on any atom is 0.326 e. The molecule has 0 atom stereocenters. The Hall–Kier alpha value is -2.08. The van der Waals surface area contributed by atoms with E-state index in [1.54, 1.807) is 6.07 Å². The van der Waals surface area contributed by atoms with E-state index in [9.17, 15) is 9.59 Å². The number of imidazole rings is 1. The zero-order chi connectivity index (χ0) is 17.4. The third-order valence-corrected chi connectivity index (χ3v) is 5.78. The lowest BCUT2D eigenvalue weighted by molar-refractivity contribution is 0.0926. The molecule has 0 unspecified atom stereocenters. The highest BCUT2D eigenvalue weighted by atomic mass is 16.2. The molecule has 6 nitrogen and oxygen atoms in total. The van der Waals surface area contributed by atoms with E-state index in [1.807, 2.05) is 16.7 Å². The number of amides is 1. The van der Waals surface area contributed by atoms with Crippen LogP contribution in [0.4, 0.5) is 0 Å². The van der Waals surface area contributed by atoms with Gasteiger partial charge in [-0.25, -0.2) is 4.79 Å². The predicted molar refractivity (Wildman–Crippen MR) is 97.8 cm³/mol. The van der Waals surface area contributed by atoms with Gasteiger partial charge in [0.05, 0.1) is 11.0 Å². The highest BCUT2D eigenvalue weighted by Gasteiger charge is 2.23. The number of rotatable bonds is 3. The molecule has 0 radical (unpaired) electrons. The summed E-state index contributed by atoms with van der Waals surface area (Å²) in [4.78, 5) is 27.8. The number of H-pyrrole nitrogens is 1. The van der Waals surface area contributed by atoms with Crippen molar-refractivity contribution in [1.82, 2.24) is 14.9 Å². The molecule has 6 heteroatoms. The molecule has 1 heterocycles. The number of hydrogen-bond donors (Lipinski definition) is 3. The lowest BCUT2D eigenvalue weighted by Crippen LogP contribution is -2.40. The van der Waals surface area contributed by atoms with E-state index in [2.05, 4.69) is 10.3 Å². The van der Waals surface area contributed by atoms with Crippen LogP contribution in [0.3, 0.4) is 0 Å². The molecule has 2 aliphatic carbocycles. The molecule has 0 saturated heterocycles. The Labute approximate surface area is 146 Å². The molecule has 4 rings (SSSR count). The van der Waals surface area contributed by atoms with Crippen LogP contribution in [-0.4, -0.2) is 27.5 Å². The van der Waals surface area contributed by atoms with E-state index >= 15 is 0 Å². The smallest absolute Gasteiger partial charge is 0.326 e. The largest absolute Gasteiger partial charge is 0.349 e. The summed E-state index contributed by atoms with van der Waals surface area (Å²) >= 11 is 0. The fourth-order valence-corrected chi connectivity index (χ4v) is 4.33. The van der Waals surface area contributed by atoms with Gasteiger partial charge in [-0.05, 0) is 56.7 Å². The van der Waals surface area contributed by atoms with Gasteiger partial charge in [0.15, 0.2) is 0 Å². The number of aromatic nitrogens is 2. The van der Waals surface area contributed by atoms with Gasteiger partial charge in [0.25, 0.3) is 5.91 Å². The summed E-state index contributed by atoms with van der Waals surface area (Å²) in [6, 6.07) is 6.27. The lowest BCUT2D eigenvalue weighted by Gasteiger charge is -2.26. The van der Waals surface area contributed by atoms with E-state index in [-0.39, 0.29) is 29.7 Å². The Bertz CT molecular complexity index is 824. The van der Waals surface area contributed by atoms with Crippen molar-refractivity contribution in [3.63, 3.8) is 0 Å². The van der Waals surface area contributed by atoms with Gasteiger partial charge in [0.1, 0.15) is 0 Å². The van der Waals surface area contributed by atoms with Crippen LogP contribution < -0.4 is 16.7 Å². The van der Waals surface area contributed by atoms with Gasteiger partial charge in [0.2, 0.25) is 0 Å². The van der Waals surface area contributed by atoms with Crippen LogP contribution in [0.25, 0.3) is 11.0 Å². The standard InChI is InChI=1S/C19H26N4O2/c20-13-6-8-14(9-7-13)21-18(24)12-5-10-17-16(11-12)22-19(25)23(17)15-3-1-2-4-15/h5,10-11,13-15H,1-4,6-9,20H2,(H,21,24)(H,22,25). The van der Waals surface area contributed by atoms with Crippen LogP contribution in [0, 0.1) is 0 Å². The van der Waals surface area contributed by atoms with E-state index in [1.165, 1.54) is 12.8 Å². The number of nitrogens with one attached hydrogen (secondary N) is 2. The first-order valence-electron chi connectivity index (χ1n) is 9.42. The van der Waals surface area contributed by atoms with Crippen LogP contribution in [0.5, 0.6) is 0 Å². The normalized spacial score (nSPS) is 24.7. The summed E-state index contributed by atoms with van der Waals surface area (Å²) in [6.45, 7) is 0. The molecular formula is C19H26N4O2. The average molecular weight is 342 g/mol. The molecule has 1 amide bonds. The second kappa shape index (κ2) is 6.67. The van der Waals surface area contributed by atoms with Crippen molar-refractivity contribution in [2.45, 2.75) is 69.5 Å². The molecule has 4 N–H and O–H groups in total. The molecule has 0 aliphatic heterocycles.